The van der Waals surface area contributed by atoms with Gasteiger partial charge in [0.2, 0.25) is 0 Å². The quantitative estimate of drug-likeness (QED) is 0.601. The van der Waals surface area contributed by atoms with Crippen LogP contribution in [0.15, 0.2) is 0 Å². The van der Waals surface area contributed by atoms with Gasteiger partial charge in [0, 0.05) is 0 Å². The molecule has 0 rings (SSSR count). The Balaban J connectivity index is 4.40. The van der Waals surface area contributed by atoms with E-state index in [1.165, 1.54) is 11.8 Å². The van der Waals surface area contributed by atoms with E-state index in [4.69, 9.17) is 12.2 Å². The summed E-state index contributed by atoms with van der Waals surface area (Å²) in [7, 11) is 0. The highest BCUT2D eigenvalue weighted by molar-refractivity contribution is 8.22. The van der Waals surface area contributed by atoms with Crippen LogP contribution in [-0.2, 0) is 4.79 Å². The topological polar surface area (TPSA) is 17.1 Å². The average molecular weight is 176 g/mol. The van der Waals surface area contributed by atoms with Crippen LogP contribution in [0.5, 0.6) is 0 Å². The van der Waals surface area contributed by atoms with Gasteiger partial charge in [0.05, 0.1) is 9.61 Å². The summed E-state index contributed by atoms with van der Waals surface area (Å²) in [5.74, 6) is 0.131. The molecule has 3 heteroatoms. The standard InChI is InChI=1S/C7H12OS2/c1-5(8)7(2,3)6(9)10-4/h1-4H3. The van der Waals surface area contributed by atoms with Crippen molar-refractivity contribution in [3.05, 3.63) is 0 Å². The Morgan fingerprint density at radius 2 is 1.90 bits per heavy atom. The van der Waals surface area contributed by atoms with Gasteiger partial charge in [0.1, 0.15) is 5.78 Å². The first kappa shape index (κ1) is 10.1. The van der Waals surface area contributed by atoms with E-state index >= 15 is 0 Å². The number of hydrogen-bond donors (Lipinski definition) is 0. The van der Waals surface area contributed by atoms with E-state index in [1.807, 2.05) is 20.1 Å². The average Bonchev–Trinajstić information content (AvgIpc) is 1.86. The molecule has 0 radical (unpaired) electrons. The minimum absolute atomic E-state index is 0.131. The first-order valence-corrected chi connectivity index (χ1v) is 4.65. The lowest BCUT2D eigenvalue weighted by atomic mass is 9.92. The Morgan fingerprint density at radius 1 is 1.50 bits per heavy atom. The zero-order chi connectivity index (χ0) is 8.36. The summed E-state index contributed by atoms with van der Waals surface area (Å²) < 4.78 is 0.764. The molecule has 0 aromatic carbocycles. The number of rotatable bonds is 2. The molecule has 0 bridgehead atoms. The molecule has 0 aliphatic rings. The Morgan fingerprint density at radius 3 is 2.00 bits per heavy atom. The molecule has 0 aliphatic carbocycles. The third kappa shape index (κ3) is 2.06. The summed E-state index contributed by atoms with van der Waals surface area (Å²) in [4.78, 5) is 11.0. The highest BCUT2D eigenvalue weighted by atomic mass is 32.2. The molecule has 0 fully saturated rings. The zero-order valence-corrected chi connectivity index (χ0v) is 8.36. The van der Waals surface area contributed by atoms with E-state index in [-0.39, 0.29) is 5.78 Å². The van der Waals surface area contributed by atoms with E-state index in [2.05, 4.69) is 0 Å². The van der Waals surface area contributed by atoms with Gasteiger partial charge in [-0.05, 0) is 27.0 Å². The molecule has 0 aromatic rings. The Labute approximate surface area is 71.6 Å². The molecule has 0 heterocycles. The second kappa shape index (κ2) is 3.49. The van der Waals surface area contributed by atoms with Gasteiger partial charge in [-0.3, -0.25) is 4.79 Å². The van der Waals surface area contributed by atoms with Crippen molar-refractivity contribution in [2.45, 2.75) is 20.8 Å². The smallest absolute Gasteiger partial charge is 0.141 e. The van der Waals surface area contributed by atoms with Crippen LogP contribution in [0.2, 0.25) is 0 Å². The molecule has 0 saturated heterocycles. The van der Waals surface area contributed by atoms with E-state index in [0.29, 0.717) is 0 Å². The molecular formula is C7H12OS2. The monoisotopic (exact) mass is 176 g/mol. The predicted molar refractivity (Wildman–Crippen MR) is 50.6 cm³/mol. The molecule has 1 nitrogen and oxygen atoms in total. The summed E-state index contributed by atoms with van der Waals surface area (Å²) >= 11 is 6.48. The molecule has 0 N–H and O–H groups in total. The Bertz CT molecular complexity index is 161. The van der Waals surface area contributed by atoms with Crippen LogP contribution in [0.1, 0.15) is 20.8 Å². The first-order valence-electron chi connectivity index (χ1n) is 3.02. The fourth-order valence-corrected chi connectivity index (χ4v) is 1.20. The molecule has 0 unspecified atom stereocenters. The van der Waals surface area contributed by atoms with E-state index in [9.17, 15) is 4.79 Å². The molecule has 0 spiro atoms. The van der Waals surface area contributed by atoms with Crippen molar-refractivity contribution in [2.75, 3.05) is 6.26 Å². The van der Waals surface area contributed by atoms with Crippen LogP contribution in [0, 0.1) is 5.41 Å². The van der Waals surface area contributed by atoms with Crippen LogP contribution in [0.3, 0.4) is 0 Å². The normalized spacial score (nSPS) is 11.2. The molecular weight excluding hydrogens is 164 g/mol. The van der Waals surface area contributed by atoms with Gasteiger partial charge in [-0.2, -0.15) is 0 Å². The van der Waals surface area contributed by atoms with Crippen LogP contribution in [-0.4, -0.2) is 16.2 Å². The second-order valence-electron chi connectivity index (χ2n) is 2.67. The highest BCUT2D eigenvalue weighted by Gasteiger charge is 2.27. The SMILES string of the molecule is CSC(=S)C(C)(C)C(C)=O. The third-order valence-corrected chi connectivity index (χ3v) is 3.47. The zero-order valence-electron chi connectivity index (χ0n) is 6.72. The summed E-state index contributed by atoms with van der Waals surface area (Å²) in [5, 5.41) is 0. The molecule has 0 saturated carbocycles. The van der Waals surface area contributed by atoms with E-state index < -0.39 is 5.41 Å². The molecule has 0 atom stereocenters. The van der Waals surface area contributed by atoms with E-state index in [1.54, 1.807) is 6.92 Å². The molecule has 0 aliphatic heterocycles. The lowest BCUT2D eigenvalue weighted by molar-refractivity contribution is -0.121. The number of Topliss-reactive ketones (excluding diaryl/α,β-unsaturated/α-hetero) is 1. The van der Waals surface area contributed by atoms with Crippen LogP contribution < -0.4 is 0 Å². The van der Waals surface area contributed by atoms with Gasteiger partial charge in [-0.25, -0.2) is 0 Å². The fraction of sp³-hybridized carbons (Fsp3) is 0.714. The van der Waals surface area contributed by atoms with Gasteiger partial charge < -0.3 is 0 Å². The van der Waals surface area contributed by atoms with Crippen LogP contribution >= 0.6 is 24.0 Å². The van der Waals surface area contributed by atoms with Gasteiger partial charge >= 0.3 is 0 Å². The minimum atomic E-state index is -0.436. The van der Waals surface area contributed by atoms with Crippen molar-refractivity contribution in [1.82, 2.24) is 0 Å². The lowest BCUT2D eigenvalue weighted by Gasteiger charge is -2.20. The number of thiocarbonyl (C=S) groups is 1. The summed E-state index contributed by atoms with van der Waals surface area (Å²) in [6, 6.07) is 0. The second-order valence-corrected chi connectivity index (χ2v) is 4.16. The Kier molecular flexibility index (Phi) is 3.52. The van der Waals surface area contributed by atoms with Gasteiger partial charge in [0.25, 0.3) is 0 Å². The molecule has 0 amide bonds. The van der Waals surface area contributed by atoms with Crippen molar-refractivity contribution < 1.29 is 4.79 Å². The predicted octanol–water partition coefficient (Wildman–Crippen LogP) is 2.29. The summed E-state index contributed by atoms with van der Waals surface area (Å²) in [6.45, 7) is 5.28. The number of ketones is 1. The van der Waals surface area contributed by atoms with Crippen molar-refractivity contribution in [3.63, 3.8) is 0 Å². The van der Waals surface area contributed by atoms with Crippen LogP contribution in [0.4, 0.5) is 0 Å². The number of thioether (sulfide) groups is 1. The molecule has 10 heavy (non-hydrogen) atoms. The first-order chi connectivity index (χ1) is 4.42. The maximum absolute atomic E-state index is 11.0. The van der Waals surface area contributed by atoms with Crippen molar-refractivity contribution in [3.8, 4) is 0 Å². The number of carbonyl (C=O) groups is 1. The summed E-state index contributed by atoms with van der Waals surface area (Å²) in [5.41, 5.74) is -0.436. The Hall–Kier alpha value is 0.110. The van der Waals surface area contributed by atoms with Crippen molar-refractivity contribution >= 4 is 34.0 Å². The molecule has 0 aromatic heterocycles. The summed E-state index contributed by atoms with van der Waals surface area (Å²) in [6.07, 6.45) is 1.90. The fourth-order valence-electron chi connectivity index (χ4n) is 0.399. The molecule has 58 valence electrons. The number of carbonyl (C=O) groups excluding carboxylic acids is 1. The van der Waals surface area contributed by atoms with Gasteiger partial charge in [0.15, 0.2) is 0 Å². The number of hydrogen-bond acceptors (Lipinski definition) is 3. The van der Waals surface area contributed by atoms with E-state index in [0.717, 1.165) is 4.20 Å². The van der Waals surface area contributed by atoms with Gasteiger partial charge in [-0.15, -0.1) is 11.8 Å². The maximum Gasteiger partial charge on any atom is 0.141 e. The van der Waals surface area contributed by atoms with Gasteiger partial charge in [-0.1, -0.05) is 12.2 Å². The largest absolute Gasteiger partial charge is 0.299 e. The van der Waals surface area contributed by atoms with Crippen LogP contribution in [0.25, 0.3) is 0 Å². The van der Waals surface area contributed by atoms with Crippen molar-refractivity contribution in [2.24, 2.45) is 5.41 Å². The third-order valence-electron chi connectivity index (χ3n) is 1.58. The minimum Gasteiger partial charge on any atom is -0.299 e. The van der Waals surface area contributed by atoms with Crippen molar-refractivity contribution in [1.29, 1.82) is 0 Å². The highest BCUT2D eigenvalue weighted by Crippen LogP contribution is 2.24. The maximum atomic E-state index is 11.0. The lowest BCUT2D eigenvalue weighted by Crippen LogP contribution is -2.27.